The topological polar surface area (TPSA) is 25.8 Å². The molecule has 0 fully saturated rings. The highest BCUT2D eigenvalue weighted by molar-refractivity contribution is 14.1. The monoisotopic (exact) mass is 662 g/mol. The molecule has 0 aliphatic rings. The fraction of sp³-hybridized carbons (Fsp3) is 0. The number of hydrogen-bond donors (Lipinski definition) is 0. The molecule has 0 amide bonds. The molecule has 2 nitrogen and oxygen atoms in total. The molecule has 7 aromatic rings. The number of halogens is 1. The van der Waals surface area contributed by atoms with E-state index in [0.717, 1.165) is 67.3 Å². The van der Waals surface area contributed by atoms with E-state index in [0.29, 0.717) is 0 Å². The molecule has 7 rings (SSSR count). The first-order valence-corrected chi connectivity index (χ1v) is 15.3. The van der Waals surface area contributed by atoms with Gasteiger partial charge in [0.15, 0.2) is 0 Å². The molecular formula is C40H27IN2. The van der Waals surface area contributed by atoms with Crippen LogP contribution in [0.25, 0.3) is 67.3 Å². The van der Waals surface area contributed by atoms with Crippen LogP contribution >= 0.6 is 22.6 Å². The second-order valence-corrected chi connectivity index (χ2v) is 11.7. The molecule has 0 N–H and O–H groups in total. The van der Waals surface area contributed by atoms with E-state index >= 15 is 0 Å². The minimum Gasteiger partial charge on any atom is -0.248 e. The Balaban J connectivity index is 1.40. The lowest BCUT2D eigenvalue weighted by molar-refractivity contribution is 1.32. The molecule has 2 heterocycles. The van der Waals surface area contributed by atoms with Gasteiger partial charge in [0.25, 0.3) is 0 Å². The van der Waals surface area contributed by atoms with Crippen molar-refractivity contribution in [3.63, 3.8) is 0 Å². The molecule has 0 aliphatic heterocycles. The van der Waals surface area contributed by atoms with Crippen LogP contribution in [0.15, 0.2) is 164 Å². The zero-order valence-corrected chi connectivity index (χ0v) is 25.5. The van der Waals surface area contributed by atoms with Crippen LogP contribution in [0.3, 0.4) is 0 Å². The van der Waals surface area contributed by atoms with Crippen LogP contribution in [0.1, 0.15) is 0 Å². The van der Waals surface area contributed by atoms with Crippen LogP contribution in [0.4, 0.5) is 0 Å². The average molecular weight is 663 g/mol. The third-order valence-electron chi connectivity index (χ3n) is 7.49. The first kappa shape index (κ1) is 27.0. The molecule has 204 valence electrons. The van der Waals surface area contributed by atoms with Crippen molar-refractivity contribution in [3.05, 3.63) is 167 Å². The number of hydrogen-bond acceptors (Lipinski definition) is 2. The van der Waals surface area contributed by atoms with E-state index in [-0.39, 0.29) is 0 Å². The standard InChI is InChI=1S/C40H27IN2/c41-36-22-32(34-24-37(28-13-5-1-6-14-28)42-38(25-34)29-15-7-2-8-16-29)21-33(23-36)35-26-39(30-17-9-3-10-18-30)43-40(27-35)31-19-11-4-12-20-31/h1-27H. The molecule has 0 unspecified atom stereocenters. The minimum atomic E-state index is 0.957. The predicted molar refractivity (Wildman–Crippen MR) is 187 cm³/mol. The largest absolute Gasteiger partial charge is 0.248 e. The highest BCUT2D eigenvalue weighted by Gasteiger charge is 2.13. The van der Waals surface area contributed by atoms with Gasteiger partial charge in [-0.2, -0.15) is 0 Å². The summed E-state index contributed by atoms with van der Waals surface area (Å²) in [6.07, 6.45) is 0. The van der Waals surface area contributed by atoms with Crippen molar-refractivity contribution in [1.29, 1.82) is 0 Å². The zero-order valence-electron chi connectivity index (χ0n) is 23.4. The molecule has 0 radical (unpaired) electrons. The van der Waals surface area contributed by atoms with E-state index in [1.165, 1.54) is 3.57 Å². The summed E-state index contributed by atoms with van der Waals surface area (Å²) in [7, 11) is 0. The highest BCUT2D eigenvalue weighted by atomic mass is 127. The van der Waals surface area contributed by atoms with E-state index in [4.69, 9.17) is 9.97 Å². The predicted octanol–water partition coefficient (Wildman–Crippen LogP) is 11.1. The fourth-order valence-electron chi connectivity index (χ4n) is 5.34. The molecule has 0 aliphatic carbocycles. The van der Waals surface area contributed by atoms with Gasteiger partial charge in [-0.15, -0.1) is 0 Å². The third kappa shape index (κ3) is 6.04. The molecule has 43 heavy (non-hydrogen) atoms. The minimum absolute atomic E-state index is 0.957. The first-order chi connectivity index (χ1) is 21.2. The first-order valence-electron chi connectivity index (χ1n) is 14.3. The lowest BCUT2D eigenvalue weighted by atomic mass is 9.95. The van der Waals surface area contributed by atoms with E-state index in [1.54, 1.807) is 0 Å². The molecule has 2 aromatic heterocycles. The Kier molecular flexibility index (Phi) is 7.63. The van der Waals surface area contributed by atoms with Crippen LogP contribution in [0, 0.1) is 3.57 Å². The Morgan fingerprint density at radius 3 is 0.814 bits per heavy atom. The van der Waals surface area contributed by atoms with Crippen molar-refractivity contribution < 1.29 is 0 Å². The lowest BCUT2D eigenvalue weighted by Crippen LogP contribution is -1.93. The van der Waals surface area contributed by atoms with Crippen molar-refractivity contribution in [2.45, 2.75) is 0 Å². The molecule has 0 atom stereocenters. The Morgan fingerprint density at radius 1 is 0.279 bits per heavy atom. The van der Waals surface area contributed by atoms with Gasteiger partial charge in [-0.3, -0.25) is 0 Å². The Hall–Kier alpha value is -4.87. The van der Waals surface area contributed by atoms with Gasteiger partial charge in [0, 0.05) is 25.8 Å². The highest BCUT2D eigenvalue weighted by Crippen LogP contribution is 2.36. The van der Waals surface area contributed by atoms with Gasteiger partial charge in [-0.25, -0.2) is 9.97 Å². The van der Waals surface area contributed by atoms with Gasteiger partial charge in [-0.05, 0) is 87.3 Å². The van der Waals surface area contributed by atoms with E-state index in [1.807, 2.05) is 24.3 Å². The third-order valence-corrected chi connectivity index (χ3v) is 8.12. The molecular weight excluding hydrogens is 635 g/mol. The van der Waals surface area contributed by atoms with Gasteiger partial charge >= 0.3 is 0 Å². The van der Waals surface area contributed by atoms with Crippen LogP contribution in [-0.4, -0.2) is 9.97 Å². The van der Waals surface area contributed by atoms with Crippen molar-refractivity contribution in [3.8, 4) is 67.3 Å². The molecule has 0 saturated carbocycles. The molecule has 0 bridgehead atoms. The number of rotatable bonds is 6. The second kappa shape index (κ2) is 12.2. The van der Waals surface area contributed by atoms with Gasteiger partial charge < -0.3 is 0 Å². The molecule has 0 spiro atoms. The van der Waals surface area contributed by atoms with E-state index < -0.39 is 0 Å². The Morgan fingerprint density at radius 2 is 0.535 bits per heavy atom. The van der Waals surface area contributed by atoms with Crippen LogP contribution < -0.4 is 0 Å². The second-order valence-electron chi connectivity index (χ2n) is 10.4. The normalized spacial score (nSPS) is 10.9. The molecule has 0 saturated heterocycles. The lowest BCUT2D eigenvalue weighted by Gasteiger charge is -2.14. The maximum atomic E-state index is 5.08. The van der Waals surface area contributed by atoms with Crippen LogP contribution in [0.2, 0.25) is 0 Å². The fourth-order valence-corrected chi connectivity index (χ4v) is 6.02. The summed E-state index contributed by atoms with van der Waals surface area (Å²) in [6, 6.07) is 57.2. The van der Waals surface area contributed by atoms with E-state index in [9.17, 15) is 0 Å². The van der Waals surface area contributed by atoms with Crippen molar-refractivity contribution in [2.24, 2.45) is 0 Å². The van der Waals surface area contributed by atoms with Crippen LogP contribution in [0.5, 0.6) is 0 Å². The molecule has 5 aromatic carbocycles. The maximum Gasteiger partial charge on any atom is 0.0715 e. The smallest absolute Gasteiger partial charge is 0.0715 e. The quantitative estimate of drug-likeness (QED) is 0.166. The summed E-state index contributed by atoms with van der Waals surface area (Å²) >= 11 is 2.43. The summed E-state index contributed by atoms with van der Waals surface area (Å²) in [5.74, 6) is 0. The van der Waals surface area contributed by atoms with Crippen molar-refractivity contribution >= 4 is 22.6 Å². The molecule has 3 heteroatoms. The summed E-state index contributed by atoms with van der Waals surface area (Å²) in [5.41, 5.74) is 12.8. The van der Waals surface area contributed by atoms with Gasteiger partial charge in [0.2, 0.25) is 0 Å². The summed E-state index contributed by atoms with van der Waals surface area (Å²) in [5, 5.41) is 0. The summed E-state index contributed by atoms with van der Waals surface area (Å²) < 4.78 is 1.17. The van der Waals surface area contributed by atoms with Gasteiger partial charge in [-0.1, -0.05) is 121 Å². The average Bonchev–Trinajstić information content (AvgIpc) is 3.09. The van der Waals surface area contributed by atoms with Crippen molar-refractivity contribution in [2.75, 3.05) is 0 Å². The number of benzene rings is 5. The van der Waals surface area contributed by atoms with Gasteiger partial charge in [0.05, 0.1) is 22.8 Å². The van der Waals surface area contributed by atoms with E-state index in [2.05, 4.69) is 162 Å². The summed E-state index contributed by atoms with van der Waals surface area (Å²) in [4.78, 5) is 10.2. The number of nitrogens with zero attached hydrogens (tertiary/aromatic N) is 2. The Labute approximate surface area is 265 Å². The van der Waals surface area contributed by atoms with Gasteiger partial charge in [0.1, 0.15) is 0 Å². The maximum absolute atomic E-state index is 5.08. The SMILES string of the molecule is Ic1cc(-c2cc(-c3ccccc3)nc(-c3ccccc3)c2)cc(-c2cc(-c3ccccc3)nc(-c3ccccc3)c2)c1. The number of pyridine rings is 2. The number of aromatic nitrogens is 2. The van der Waals surface area contributed by atoms with Crippen LogP contribution in [-0.2, 0) is 0 Å². The Bertz CT molecular complexity index is 1750. The summed E-state index contributed by atoms with van der Waals surface area (Å²) in [6.45, 7) is 0. The zero-order chi connectivity index (χ0) is 29.0. The van der Waals surface area contributed by atoms with Crippen molar-refractivity contribution in [1.82, 2.24) is 9.97 Å².